The second-order valence-corrected chi connectivity index (χ2v) is 7.66. The summed E-state index contributed by atoms with van der Waals surface area (Å²) in [5.41, 5.74) is 1.15. The number of aromatic amines is 1. The highest BCUT2D eigenvalue weighted by atomic mass is 35.5. The molecule has 0 aliphatic heterocycles. The predicted molar refractivity (Wildman–Crippen MR) is 116 cm³/mol. The van der Waals surface area contributed by atoms with Crippen LogP contribution >= 0.6 is 11.6 Å². The summed E-state index contributed by atoms with van der Waals surface area (Å²) in [5.74, 6) is 1.11. The molecule has 0 fully saturated rings. The van der Waals surface area contributed by atoms with Gasteiger partial charge in [-0.3, -0.25) is 10.1 Å². The topological polar surface area (TPSA) is 95.7 Å². The number of anilines is 2. The first-order chi connectivity index (χ1) is 14.4. The predicted octanol–water partition coefficient (Wildman–Crippen LogP) is 2.57. The maximum Gasteiger partial charge on any atom is 0.293 e. The lowest BCUT2D eigenvalue weighted by molar-refractivity contribution is -0.677. The van der Waals surface area contributed by atoms with Gasteiger partial charge in [0.1, 0.15) is 30.5 Å². The van der Waals surface area contributed by atoms with Crippen LogP contribution in [0.25, 0.3) is 0 Å². The number of rotatable bonds is 11. The molecule has 9 nitrogen and oxygen atoms in total. The summed E-state index contributed by atoms with van der Waals surface area (Å²) in [4.78, 5) is 14.2. The summed E-state index contributed by atoms with van der Waals surface area (Å²) in [6, 6.07) is 3.13. The van der Waals surface area contributed by atoms with E-state index in [0.29, 0.717) is 29.5 Å². The maximum absolute atomic E-state index is 11.4. The molecule has 0 aliphatic rings. The van der Waals surface area contributed by atoms with Crippen molar-refractivity contribution < 1.29 is 14.1 Å². The van der Waals surface area contributed by atoms with Gasteiger partial charge in [0.2, 0.25) is 6.33 Å². The number of H-pyrrole nitrogens is 1. The third-order valence-corrected chi connectivity index (χ3v) is 5.21. The van der Waals surface area contributed by atoms with Gasteiger partial charge >= 0.3 is 0 Å². The minimum absolute atomic E-state index is 0.0178. The SMILES string of the molecule is C[n+]1ccn(CCCNc2cc(NCCCc3[nH]cc[n+]3C)c([N+](=O)[O-])cc2Cl)c1. The molecule has 3 N–H and O–H groups in total. The highest BCUT2D eigenvalue weighted by Gasteiger charge is 2.17. The van der Waals surface area contributed by atoms with Gasteiger partial charge in [-0.1, -0.05) is 11.6 Å². The van der Waals surface area contributed by atoms with E-state index < -0.39 is 4.92 Å². The number of aromatic nitrogens is 4. The van der Waals surface area contributed by atoms with Crippen molar-refractivity contribution in [3.8, 4) is 0 Å². The largest absolute Gasteiger partial charge is 0.384 e. The van der Waals surface area contributed by atoms with Crippen molar-refractivity contribution in [2.75, 3.05) is 23.7 Å². The number of nitrogens with one attached hydrogen (secondary N) is 3. The molecule has 0 atom stereocenters. The fourth-order valence-electron chi connectivity index (χ4n) is 3.27. The van der Waals surface area contributed by atoms with Gasteiger partial charge in [-0.15, -0.1) is 0 Å². The summed E-state index contributed by atoms with van der Waals surface area (Å²) in [6.07, 6.45) is 12.5. The lowest BCUT2D eigenvalue weighted by Crippen LogP contribution is -2.30. The van der Waals surface area contributed by atoms with Gasteiger partial charge in [0, 0.05) is 25.6 Å². The Bertz CT molecular complexity index is 999. The Morgan fingerprint density at radius 3 is 2.60 bits per heavy atom. The van der Waals surface area contributed by atoms with Crippen LogP contribution in [-0.2, 0) is 27.1 Å². The van der Waals surface area contributed by atoms with Crippen LogP contribution in [0.5, 0.6) is 0 Å². The van der Waals surface area contributed by atoms with Gasteiger partial charge in [0.05, 0.1) is 42.7 Å². The van der Waals surface area contributed by atoms with E-state index in [9.17, 15) is 10.1 Å². The Morgan fingerprint density at radius 1 is 1.17 bits per heavy atom. The summed E-state index contributed by atoms with van der Waals surface area (Å²) < 4.78 is 6.13. The van der Waals surface area contributed by atoms with Crippen molar-refractivity contribution in [2.24, 2.45) is 14.1 Å². The van der Waals surface area contributed by atoms with Crippen LogP contribution in [-0.4, -0.2) is 27.6 Å². The molecular formula is C20H28ClN7O2+2. The fraction of sp³-hybridized carbons (Fsp3) is 0.400. The second kappa shape index (κ2) is 10.1. The average Bonchev–Trinajstić information content (AvgIpc) is 3.31. The van der Waals surface area contributed by atoms with E-state index in [2.05, 4.69) is 20.2 Å². The molecule has 2 aromatic heterocycles. The van der Waals surface area contributed by atoms with Gasteiger partial charge < -0.3 is 10.6 Å². The van der Waals surface area contributed by atoms with E-state index in [1.54, 1.807) is 6.07 Å². The molecule has 160 valence electrons. The Hall–Kier alpha value is -3.07. The molecule has 0 unspecified atom stereocenters. The van der Waals surface area contributed by atoms with Crippen molar-refractivity contribution in [1.29, 1.82) is 0 Å². The minimum Gasteiger partial charge on any atom is -0.384 e. The smallest absolute Gasteiger partial charge is 0.293 e. The Morgan fingerprint density at radius 2 is 1.93 bits per heavy atom. The van der Waals surface area contributed by atoms with E-state index in [1.807, 2.05) is 54.3 Å². The van der Waals surface area contributed by atoms with Crippen LogP contribution in [0.15, 0.2) is 43.2 Å². The van der Waals surface area contributed by atoms with Crippen molar-refractivity contribution in [2.45, 2.75) is 25.8 Å². The van der Waals surface area contributed by atoms with Crippen LogP contribution in [0.4, 0.5) is 17.1 Å². The second-order valence-electron chi connectivity index (χ2n) is 7.25. The highest BCUT2D eigenvalue weighted by Crippen LogP contribution is 2.34. The molecule has 0 aliphatic carbocycles. The molecule has 10 heteroatoms. The number of aryl methyl sites for hydroxylation is 4. The van der Waals surface area contributed by atoms with Gasteiger partial charge in [-0.05, 0) is 12.5 Å². The van der Waals surface area contributed by atoms with E-state index >= 15 is 0 Å². The maximum atomic E-state index is 11.4. The summed E-state index contributed by atoms with van der Waals surface area (Å²) in [6.45, 7) is 2.20. The van der Waals surface area contributed by atoms with Crippen molar-refractivity contribution in [3.05, 3.63) is 64.2 Å². The van der Waals surface area contributed by atoms with Gasteiger partial charge in [-0.25, -0.2) is 18.7 Å². The van der Waals surface area contributed by atoms with E-state index in [4.69, 9.17) is 11.6 Å². The monoisotopic (exact) mass is 433 g/mol. The summed E-state index contributed by atoms with van der Waals surface area (Å²) >= 11 is 6.28. The van der Waals surface area contributed by atoms with Crippen LogP contribution < -0.4 is 19.8 Å². The van der Waals surface area contributed by atoms with Crippen molar-refractivity contribution >= 4 is 28.7 Å². The zero-order valence-electron chi connectivity index (χ0n) is 17.3. The third-order valence-electron chi connectivity index (χ3n) is 4.89. The summed E-state index contributed by atoms with van der Waals surface area (Å²) in [7, 11) is 3.97. The number of nitrogens with zero attached hydrogens (tertiary/aromatic N) is 4. The molecular weight excluding hydrogens is 406 g/mol. The number of nitro groups is 1. The first-order valence-electron chi connectivity index (χ1n) is 9.92. The van der Waals surface area contributed by atoms with Crippen molar-refractivity contribution in [1.82, 2.24) is 9.55 Å². The molecule has 2 heterocycles. The van der Waals surface area contributed by atoms with Crippen molar-refractivity contribution in [3.63, 3.8) is 0 Å². The Balaban J connectivity index is 1.57. The lowest BCUT2D eigenvalue weighted by Gasteiger charge is -2.12. The van der Waals surface area contributed by atoms with Crippen LogP contribution in [0.1, 0.15) is 18.7 Å². The number of hydrogen-bond donors (Lipinski definition) is 3. The van der Waals surface area contributed by atoms with Gasteiger partial charge in [0.25, 0.3) is 11.5 Å². The molecule has 0 saturated heterocycles. The van der Waals surface area contributed by atoms with E-state index in [0.717, 1.165) is 31.6 Å². The molecule has 0 amide bonds. The molecule has 1 aromatic carbocycles. The molecule has 0 radical (unpaired) electrons. The van der Waals surface area contributed by atoms with E-state index in [-0.39, 0.29) is 5.69 Å². The fourth-order valence-corrected chi connectivity index (χ4v) is 3.50. The molecule has 3 rings (SSSR count). The van der Waals surface area contributed by atoms with Crippen LogP contribution in [0.2, 0.25) is 5.02 Å². The molecule has 0 spiro atoms. The Kier molecular flexibility index (Phi) is 7.29. The van der Waals surface area contributed by atoms with Gasteiger partial charge in [-0.2, -0.15) is 0 Å². The molecule has 30 heavy (non-hydrogen) atoms. The number of benzene rings is 1. The number of halogens is 1. The third kappa shape index (κ3) is 5.73. The van der Waals surface area contributed by atoms with Crippen LogP contribution in [0, 0.1) is 10.1 Å². The molecule has 0 bridgehead atoms. The zero-order valence-corrected chi connectivity index (χ0v) is 18.0. The number of imidazole rings is 2. The first-order valence-corrected chi connectivity index (χ1v) is 10.3. The quantitative estimate of drug-likeness (QED) is 0.187. The molecule has 0 saturated carbocycles. The summed E-state index contributed by atoms with van der Waals surface area (Å²) in [5, 5.41) is 18.3. The van der Waals surface area contributed by atoms with Gasteiger partial charge in [0.15, 0.2) is 0 Å². The minimum atomic E-state index is -0.408. The van der Waals surface area contributed by atoms with Crippen LogP contribution in [0.3, 0.4) is 0 Å². The number of hydrogen-bond acceptors (Lipinski definition) is 4. The lowest BCUT2D eigenvalue weighted by atomic mass is 10.2. The zero-order chi connectivity index (χ0) is 21.5. The normalized spacial score (nSPS) is 10.9. The Labute approximate surface area is 180 Å². The standard InChI is InChI=1S/C20H27ClN7O2/c1-25-11-12-27(15-25)9-4-7-22-17-14-18(19(28(29)30)13-16(17)21)23-6-3-5-20-24-8-10-26(20)2/h8,10-15,22-23H,3-7,9H2,1-2H3/q+1/p+1. The highest BCUT2D eigenvalue weighted by molar-refractivity contribution is 6.33. The first kappa shape index (κ1) is 21.6. The van der Waals surface area contributed by atoms with E-state index in [1.165, 1.54) is 6.07 Å². The number of nitro benzene ring substituents is 1. The molecule has 3 aromatic rings. The average molecular weight is 434 g/mol.